The molecule has 0 spiro atoms. The average Bonchev–Trinajstić information content (AvgIpc) is 2.10. The molecule has 84 valence electrons. The van der Waals surface area contributed by atoms with Crippen LogP contribution in [-0.4, -0.2) is 4.98 Å². The molecule has 0 fully saturated rings. The Bertz CT molecular complexity index is 353. The van der Waals surface area contributed by atoms with Gasteiger partial charge in [0.25, 0.3) is 0 Å². The van der Waals surface area contributed by atoms with Gasteiger partial charge in [0.15, 0.2) is 0 Å². The average molecular weight is 246 g/mol. The number of halogens is 2. The van der Waals surface area contributed by atoms with Crippen molar-refractivity contribution in [2.75, 3.05) is 0 Å². The Labute approximate surface area is 102 Å². The Balaban J connectivity index is 3.35. The third-order valence-electron chi connectivity index (χ3n) is 2.29. The summed E-state index contributed by atoms with van der Waals surface area (Å²) in [4.78, 5) is 4.38. The molecule has 0 aliphatic rings. The zero-order valence-corrected chi connectivity index (χ0v) is 11.2. The number of hydrogen-bond donors (Lipinski definition) is 0. The third kappa shape index (κ3) is 2.85. The molecule has 0 saturated heterocycles. The van der Waals surface area contributed by atoms with E-state index in [4.69, 9.17) is 23.2 Å². The van der Waals surface area contributed by atoms with Crippen LogP contribution in [0.5, 0.6) is 0 Å². The molecule has 1 aromatic rings. The Morgan fingerprint density at radius 1 is 1.27 bits per heavy atom. The summed E-state index contributed by atoms with van der Waals surface area (Å²) in [6, 6.07) is 0. The van der Waals surface area contributed by atoms with Gasteiger partial charge in [-0.05, 0) is 17.4 Å². The van der Waals surface area contributed by atoms with E-state index in [1.807, 2.05) is 0 Å². The van der Waals surface area contributed by atoms with E-state index in [0.717, 1.165) is 24.1 Å². The highest BCUT2D eigenvalue weighted by Crippen LogP contribution is 2.36. The first-order valence-electron chi connectivity index (χ1n) is 5.21. The maximum absolute atomic E-state index is 6.25. The van der Waals surface area contributed by atoms with E-state index in [0.29, 0.717) is 10.0 Å². The van der Waals surface area contributed by atoms with Crippen molar-refractivity contribution < 1.29 is 0 Å². The number of aromatic nitrogens is 1. The van der Waals surface area contributed by atoms with E-state index in [1.165, 1.54) is 0 Å². The second kappa shape index (κ2) is 4.71. The topological polar surface area (TPSA) is 12.9 Å². The van der Waals surface area contributed by atoms with E-state index in [9.17, 15) is 0 Å². The first-order valence-corrected chi connectivity index (χ1v) is 5.97. The molecule has 0 radical (unpaired) electrons. The molecule has 0 atom stereocenters. The molecular weight excluding hydrogens is 229 g/mol. The molecule has 0 N–H and O–H groups in total. The van der Waals surface area contributed by atoms with Gasteiger partial charge in [0, 0.05) is 11.9 Å². The quantitative estimate of drug-likeness (QED) is 0.740. The second-order valence-electron chi connectivity index (χ2n) is 4.74. The number of aryl methyl sites for hydroxylation is 1. The summed E-state index contributed by atoms with van der Waals surface area (Å²) >= 11 is 12.2. The largest absolute Gasteiger partial charge is 0.259 e. The highest BCUT2D eigenvalue weighted by Gasteiger charge is 2.23. The SMILES string of the molecule is CCCc1ncc(Cl)c(Cl)c1C(C)(C)C. The lowest BCUT2D eigenvalue weighted by atomic mass is 9.85. The fourth-order valence-electron chi connectivity index (χ4n) is 1.69. The van der Waals surface area contributed by atoms with Crippen molar-refractivity contribution in [1.82, 2.24) is 4.98 Å². The van der Waals surface area contributed by atoms with Crippen molar-refractivity contribution in [1.29, 1.82) is 0 Å². The van der Waals surface area contributed by atoms with E-state index >= 15 is 0 Å². The highest BCUT2D eigenvalue weighted by molar-refractivity contribution is 6.42. The van der Waals surface area contributed by atoms with Gasteiger partial charge >= 0.3 is 0 Å². The summed E-state index contributed by atoms with van der Waals surface area (Å²) in [7, 11) is 0. The fraction of sp³-hybridized carbons (Fsp3) is 0.583. The minimum atomic E-state index is -0.0144. The number of hydrogen-bond acceptors (Lipinski definition) is 1. The molecule has 0 bridgehead atoms. The fourth-order valence-corrected chi connectivity index (χ4v) is 2.27. The van der Waals surface area contributed by atoms with Gasteiger partial charge in [-0.15, -0.1) is 0 Å². The predicted octanol–water partition coefficient (Wildman–Crippen LogP) is 4.64. The van der Waals surface area contributed by atoms with E-state index < -0.39 is 0 Å². The maximum atomic E-state index is 6.25. The second-order valence-corrected chi connectivity index (χ2v) is 5.53. The third-order valence-corrected chi connectivity index (χ3v) is 3.06. The van der Waals surface area contributed by atoms with Crippen molar-refractivity contribution in [3.05, 3.63) is 27.5 Å². The van der Waals surface area contributed by atoms with E-state index in [2.05, 4.69) is 32.7 Å². The molecular formula is C12H17Cl2N. The number of pyridine rings is 1. The van der Waals surface area contributed by atoms with Crippen LogP contribution in [0.2, 0.25) is 10.0 Å². The normalized spacial score (nSPS) is 11.9. The van der Waals surface area contributed by atoms with Crippen LogP contribution in [0.4, 0.5) is 0 Å². The molecule has 0 amide bonds. The van der Waals surface area contributed by atoms with Crippen LogP contribution in [0.3, 0.4) is 0 Å². The van der Waals surface area contributed by atoms with Gasteiger partial charge in [0.2, 0.25) is 0 Å². The Morgan fingerprint density at radius 3 is 2.33 bits per heavy atom. The lowest BCUT2D eigenvalue weighted by Crippen LogP contribution is -2.16. The first kappa shape index (κ1) is 12.8. The summed E-state index contributed by atoms with van der Waals surface area (Å²) in [5.41, 5.74) is 2.14. The number of rotatable bonds is 2. The van der Waals surface area contributed by atoms with Crippen LogP contribution < -0.4 is 0 Å². The van der Waals surface area contributed by atoms with Crippen LogP contribution in [0, 0.1) is 0 Å². The van der Waals surface area contributed by atoms with Crippen LogP contribution in [0.1, 0.15) is 45.4 Å². The summed E-state index contributed by atoms with van der Waals surface area (Å²) in [6.45, 7) is 8.53. The van der Waals surface area contributed by atoms with Gasteiger partial charge in [0.1, 0.15) is 0 Å². The van der Waals surface area contributed by atoms with E-state index in [-0.39, 0.29) is 5.41 Å². The number of nitrogens with zero attached hydrogens (tertiary/aromatic N) is 1. The molecule has 1 nitrogen and oxygen atoms in total. The molecule has 0 aromatic carbocycles. The van der Waals surface area contributed by atoms with Crippen molar-refractivity contribution in [3.8, 4) is 0 Å². The minimum Gasteiger partial charge on any atom is -0.259 e. The summed E-state index contributed by atoms with van der Waals surface area (Å²) in [5.74, 6) is 0. The van der Waals surface area contributed by atoms with Gasteiger partial charge < -0.3 is 0 Å². The van der Waals surface area contributed by atoms with Crippen LogP contribution >= 0.6 is 23.2 Å². The smallest absolute Gasteiger partial charge is 0.0778 e. The maximum Gasteiger partial charge on any atom is 0.0778 e. The molecule has 0 aliphatic carbocycles. The summed E-state index contributed by atoms with van der Waals surface area (Å²) < 4.78 is 0. The van der Waals surface area contributed by atoms with Crippen molar-refractivity contribution >= 4 is 23.2 Å². The molecule has 0 saturated carbocycles. The van der Waals surface area contributed by atoms with Crippen LogP contribution in [0.15, 0.2) is 6.20 Å². The molecule has 1 aromatic heterocycles. The predicted molar refractivity (Wildman–Crippen MR) is 67.0 cm³/mol. The summed E-state index contributed by atoms with van der Waals surface area (Å²) in [6.07, 6.45) is 3.65. The highest BCUT2D eigenvalue weighted by atomic mass is 35.5. The van der Waals surface area contributed by atoms with Crippen molar-refractivity contribution in [2.45, 2.75) is 46.0 Å². The standard InChI is InChI=1S/C12H17Cl2N/c1-5-6-9-10(12(2,3)4)11(14)8(13)7-15-9/h7H,5-6H2,1-4H3. The Kier molecular flexibility index (Phi) is 4.02. The van der Waals surface area contributed by atoms with E-state index in [1.54, 1.807) is 6.20 Å². The molecule has 15 heavy (non-hydrogen) atoms. The molecule has 1 heterocycles. The lowest BCUT2D eigenvalue weighted by molar-refractivity contribution is 0.576. The van der Waals surface area contributed by atoms with Gasteiger partial charge in [0.05, 0.1) is 10.0 Å². The first-order chi connectivity index (χ1) is 6.88. The Hall–Kier alpha value is -0.270. The molecule has 1 rings (SSSR count). The van der Waals surface area contributed by atoms with Gasteiger partial charge in [-0.1, -0.05) is 57.3 Å². The van der Waals surface area contributed by atoms with Gasteiger partial charge in [-0.25, -0.2) is 0 Å². The summed E-state index contributed by atoms with van der Waals surface area (Å²) in [5, 5.41) is 1.20. The van der Waals surface area contributed by atoms with Gasteiger partial charge in [-0.2, -0.15) is 0 Å². The zero-order valence-electron chi connectivity index (χ0n) is 9.69. The molecule has 0 unspecified atom stereocenters. The molecule has 0 aliphatic heterocycles. The van der Waals surface area contributed by atoms with Crippen LogP contribution in [-0.2, 0) is 11.8 Å². The monoisotopic (exact) mass is 245 g/mol. The molecule has 3 heteroatoms. The zero-order chi connectivity index (χ0) is 11.6. The Morgan fingerprint density at radius 2 is 1.87 bits per heavy atom. The lowest BCUT2D eigenvalue weighted by Gasteiger charge is -2.24. The van der Waals surface area contributed by atoms with Gasteiger partial charge in [-0.3, -0.25) is 4.98 Å². The minimum absolute atomic E-state index is 0.0144. The van der Waals surface area contributed by atoms with Crippen LogP contribution in [0.25, 0.3) is 0 Å². The van der Waals surface area contributed by atoms with Crippen molar-refractivity contribution in [2.24, 2.45) is 0 Å². The van der Waals surface area contributed by atoms with Crippen molar-refractivity contribution in [3.63, 3.8) is 0 Å².